The van der Waals surface area contributed by atoms with Gasteiger partial charge in [0.2, 0.25) is 10.0 Å². The van der Waals surface area contributed by atoms with Gasteiger partial charge in [-0.2, -0.15) is 4.31 Å². The summed E-state index contributed by atoms with van der Waals surface area (Å²) in [7, 11) is -3.52. The molecule has 0 bridgehead atoms. The summed E-state index contributed by atoms with van der Waals surface area (Å²) in [5.74, 6) is 0.535. The second-order valence-corrected chi connectivity index (χ2v) is 8.32. The van der Waals surface area contributed by atoms with Crippen LogP contribution in [0.3, 0.4) is 0 Å². The van der Waals surface area contributed by atoms with Gasteiger partial charge in [-0.1, -0.05) is 0 Å². The van der Waals surface area contributed by atoms with Crippen molar-refractivity contribution in [3.8, 4) is 0 Å². The number of hydrogen-bond acceptors (Lipinski definition) is 7. The molecule has 2 aliphatic rings. The zero-order chi connectivity index (χ0) is 18.6. The first kappa shape index (κ1) is 19.1. The lowest BCUT2D eigenvalue weighted by atomic mass is 9.97. The molecule has 0 unspecified atom stereocenters. The molecule has 0 aliphatic carbocycles. The summed E-state index contributed by atoms with van der Waals surface area (Å²) in [5, 5.41) is 0. The minimum absolute atomic E-state index is 0.0628. The highest BCUT2D eigenvalue weighted by molar-refractivity contribution is 7.89. The van der Waals surface area contributed by atoms with Crippen molar-refractivity contribution in [2.45, 2.75) is 24.7 Å². The third-order valence-electron chi connectivity index (χ3n) is 4.77. The fraction of sp³-hybridized carbons (Fsp3) is 0.647. The number of pyridine rings is 1. The van der Waals surface area contributed by atoms with Crippen molar-refractivity contribution in [3.05, 3.63) is 18.3 Å². The van der Waals surface area contributed by atoms with Gasteiger partial charge in [-0.3, -0.25) is 4.79 Å². The van der Waals surface area contributed by atoms with E-state index in [2.05, 4.69) is 9.88 Å². The molecule has 1 aromatic heterocycles. The standard InChI is InChI=1S/C17H25N3O5S/c1-2-25-17(21)14-5-7-19(8-6-14)16-4-3-15(13-18-16)26(22,23)20-9-11-24-12-10-20/h3-4,13-14H,2,5-12H2,1H3. The van der Waals surface area contributed by atoms with Crippen LogP contribution in [0.4, 0.5) is 5.82 Å². The number of ether oxygens (including phenoxy) is 2. The van der Waals surface area contributed by atoms with Crippen molar-refractivity contribution in [1.29, 1.82) is 0 Å². The molecule has 3 heterocycles. The van der Waals surface area contributed by atoms with Crippen LogP contribution in [0.5, 0.6) is 0 Å². The summed E-state index contributed by atoms with van der Waals surface area (Å²) in [6.45, 7) is 5.18. The van der Waals surface area contributed by atoms with Crippen molar-refractivity contribution in [3.63, 3.8) is 0 Å². The molecule has 2 fully saturated rings. The molecule has 0 atom stereocenters. The Morgan fingerprint density at radius 1 is 1.23 bits per heavy atom. The Morgan fingerprint density at radius 3 is 2.50 bits per heavy atom. The predicted octanol–water partition coefficient (Wildman–Crippen LogP) is 0.882. The van der Waals surface area contributed by atoms with Crippen LogP contribution >= 0.6 is 0 Å². The van der Waals surface area contributed by atoms with Gasteiger partial charge in [-0.15, -0.1) is 0 Å². The highest BCUT2D eigenvalue weighted by Gasteiger charge is 2.28. The number of aromatic nitrogens is 1. The number of carbonyl (C=O) groups excluding carboxylic acids is 1. The van der Waals surface area contributed by atoms with Crippen LogP contribution in [0.1, 0.15) is 19.8 Å². The van der Waals surface area contributed by atoms with Crippen LogP contribution in [0.15, 0.2) is 23.2 Å². The first-order chi connectivity index (χ1) is 12.5. The Morgan fingerprint density at radius 2 is 1.92 bits per heavy atom. The summed E-state index contributed by atoms with van der Waals surface area (Å²) in [5.41, 5.74) is 0. The summed E-state index contributed by atoms with van der Waals surface area (Å²) in [6.07, 6.45) is 2.85. The van der Waals surface area contributed by atoms with Gasteiger partial charge in [0.25, 0.3) is 0 Å². The van der Waals surface area contributed by atoms with Gasteiger partial charge in [-0.05, 0) is 31.9 Å². The van der Waals surface area contributed by atoms with E-state index < -0.39 is 10.0 Å². The topological polar surface area (TPSA) is 89.0 Å². The lowest BCUT2D eigenvalue weighted by Gasteiger charge is -2.32. The van der Waals surface area contributed by atoms with Gasteiger partial charge >= 0.3 is 5.97 Å². The van der Waals surface area contributed by atoms with E-state index in [0.717, 1.165) is 5.82 Å². The van der Waals surface area contributed by atoms with E-state index in [0.29, 0.717) is 58.8 Å². The third-order valence-corrected chi connectivity index (χ3v) is 6.65. The zero-order valence-electron chi connectivity index (χ0n) is 15.0. The Labute approximate surface area is 154 Å². The maximum absolute atomic E-state index is 12.6. The highest BCUT2D eigenvalue weighted by atomic mass is 32.2. The molecule has 0 aromatic carbocycles. The molecule has 144 valence electrons. The van der Waals surface area contributed by atoms with Crippen LogP contribution in [0.2, 0.25) is 0 Å². The zero-order valence-corrected chi connectivity index (χ0v) is 15.8. The Kier molecular flexibility index (Phi) is 6.10. The molecule has 0 N–H and O–H groups in total. The van der Waals surface area contributed by atoms with E-state index in [4.69, 9.17) is 9.47 Å². The molecule has 2 saturated heterocycles. The number of nitrogens with zero attached hydrogens (tertiary/aromatic N) is 3. The fourth-order valence-corrected chi connectivity index (χ4v) is 4.61. The molecule has 3 rings (SSSR count). The molecule has 1 aromatic rings. The van der Waals surface area contributed by atoms with Gasteiger partial charge in [0.1, 0.15) is 10.7 Å². The largest absolute Gasteiger partial charge is 0.466 e. The van der Waals surface area contributed by atoms with Crippen LogP contribution in [0, 0.1) is 5.92 Å². The van der Waals surface area contributed by atoms with Crippen molar-refractivity contribution in [2.24, 2.45) is 5.92 Å². The minimum Gasteiger partial charge on any atom is -0.466 e. The van der Waals surface area contributed by atoms with Crippen LogP contribution in [-0.4, -0.2) is 69.7 Å². The number of sulfonamides is 1. The maximum Gasteiger partial charge on any atom is 0.309 e. The molecular formula is C17H25N3O5S. The summed E-state index contributed by atoms with van der Waals surface area (Å²) in [6, 6.07) is 3.34. The minimum atomic E-state index is -3.52. The molecular weight excluding hydrogens is 358 g/mol. The SMILES string of the molecule is CCOC(=O)C1CCN(c2ccc(S(=O)(=O)N3CCOCC3)cn2)CC1. The average molecular weight is 383 g/mol. The van der Waals surface area contributed by atoms with Crippen molar-refractivity contribution < 1.29 is 22.7 Å². The summed E-state index contributed by atoms with van der Waals surface area (Å²) >= 11 is 0. The molecule has 2 aliphatic heterocycles. The highest BCUT2D eigenvalue weighted by Crippen LogP contribution is 2.24. The van der Waals surface area contributed by atoms with Crippen molar-refractivity contribution in [1.82, 2.24) is 9.29 Å². The average Bonchev–Trinajstić information content (AvgIpc) is 2.69. The number of rotatable bonds is 5. The van der Waals surface area contributed by atoms with Gasteiger partial charge < -0.3 is 14.4 Å². The van der Waals surface area contributed by atoms with Crippen molar-refractivity contribution >= 4 is 21.8 Å². The van der Waals surface area contributed by atoms with E-state index >= 15 is 0 Å². The van der Waals surface area contributed by atoms with Gasteiger partial charge in [0.05, 0.1) is 25.7 Å². The third kappa shape index (κ3) is 4.16. The number of esters is 1. The Balaban J connectivity index is 1.62. The summed E-state index contributed by atoms with van der Waals surface area (Å²) in [4.78, 5) is 18.4. The van der Waals surface area contributed by atoms with E-state index in [1.54, 1.807) is 12.1 Å². The summed E-state index contributed by atoms with van der Waals surface area (Å²) < 4.78 is 37.0. The van der Waals surface area contributed by atoms with Crippen LogP contribution < -0.4 is 4.90 Å². The number of morpholine rings is 1. The van der Waals surface area contributed by atoms with E-state index in [1.807, 2.05) is 6.92 Å². The van der Waals surface area contributed by atoms with Crippen LogP contribution in [0.25, 0.3) is 0 Å². The first-order valence-corrected chi connectivity index (χ1v) is 10.4. The van der Waals surface area contributed by atoms with Gasteiger partial charge in [0.15, 0.2) is 0 Å². The predicted molar refractivity (Wildman–Crippen MR) is 95.4 cm³/mol. The van der Waals surface area contributed by atoms with E-state index in [-0.39, 0.29) is 16.8 Å². The van der Waals surface area contributed by atoms with Gasteiger partial charge in [0, 0.05) is 32.4 Å². The van der Waals surface area contributed by atoms with Crippen LogP contribution in [-0.2, 0) is 24.3 Å². The number of anilines is 1. The number of piperidine rings is 1. The normalized spacial score (nSPS) is 20.1. The second kappa shape index (κ2) is 8.32. The number of carbonyl (C=O) groups is 1. The first-order valence-electron chi connectivity index (χ1n) is 8.98. The second-order valence-electron chi connectivity index (χ2n) is 6.38. The fourth-order valence-electron chi connectivity index (χ4n) is 3.25. The van der Waals surface area contributed by atoms with E-state index in [9.17, 15) is 13.2 Å². The number of hydrogen-bond donors (Lipinski definition) is 0. The van der Waals surface area contributed by atoms with E-state index in [1.165, 1.54) is 10.5 Å². The molecule has 9 heteroatoms. The van der Waals surface area contributed by atoms with Gasteiger partial charge in [-0.25, -0.2) is 13.4 Å². The lowest BCUT2D eigenvalue weighted by Crippen LogP contribution is -2.40. The molecule has 0 spiro atoms. The Hall–Kier alpha value is -1.71. The maximum atomic E-state index is 12.6. The lowest BCUT2D eigenvalue weighted by molar-refractivity contribution is -0.148. The molecule has 8 nitrogen and oxygen atoms in total. The smallest absolute Gasteiger partial charge is 0.309 e. The molecule has 0 saturated carbocycles. The molecule has 0 radical (unpaired) electrons. The monoisotopic (exact) mass is 383 g/mol. The quantitative estimate of drug-likeness (QED) is 0.698. The molecule has 0 amide bonds. The Bertz CT molecular complexity index is 708. The molecule has 26 heavy (non-hydrogen) atoms. The van der Waals surface area contributed by atoms with Crippen molar-refractivity contribution in [2.75, 3.05) is 50.9 Å².